The predicted octanol–water partition coefficient (Wildman–Crippen LogP) is 1.35. The molecule has 0 aliphatic heterocycles. The van der Waals surface area contributed by atoms with Crippen LogP contribution < -0.4 is 5.73 Å². The van der Waals surface area contributed by atoms with Gasteiger partial charge in [0.25, 0.3) is 0 Å². The van der Waals surface area contributed by atoms with Gasteiger partial charge in [-0.05, 0) is 19.7 Å². The average molecular weight is 286 g/mol. The highest BCUT2D eigenvalue weighted by Gasteiger charge is 2.13. The molecule has 0 radical (unpaired) electrons. The van der Waals surface area contributed by atoms with Crippen LogP contribution in [0.3, 0.4) is 0 Å². The van der Waals surface area contributed by atoms with Crippen LogP contribution in [0.2, 0.25) is 0 Å². The minimum absolute atomic E-state index is 0. The summed E-state index contributed by atoms with van der Waals surface area (Å²) in [7, 11) is 4.02. The highest BCUT2D eigenvalue weighted by atomic mass is 35.5. The van der Waals surface area contributed by atoms with E-state index in [9.17, 15) is 4.79 Å². The summed E-state index contributed by atoms with van der Waals surface area (Å²) >= 11 is 0. The van der Waals surface area contributed by atoms with Crippen LogP contribution in [0.1, 0.15) is 12.0 Å². The Bertz CT molecular complexity index is 357. The van der Waals surface area contributed by atoms with Gasteiger partial charge in [-0.3, -0.25) is 4.79 Å². The molecule has 4 nitrogen and oxygen atoms in total. The lowest BCUT2D eigenvalue weighted by molar-refractivity contribution is -0.131. The fourth-order valence-electron chi connectivity index (χ4n) is 1.70. The smallest absolute Gasteiger partial charge is 0.224 e. The monoisotopic (exact) mass is 285 g/mol. The quantitative estimate of drug-likeness (QED) is 0.823. The van der Waals surface area contributed by atoms with E-state index in [-0.39, 0.29) is 18.3 Å². The number of nitrogens with zero attached hydrogens (tertiary/aromatic N) is 2. The van der Waals surface area contributed by atoms with Gasteiger partial charge in [-0.15, -0.1) is 12.4 Å². The molecule has 0 heterocycles. The van der Waals surface area contributed by atoms with E-state index in [1.165, 1.54) is 0 Å². The molecule has 5 heteroatoms. The molecule has 0 atom stereocenters. The van der Waals surface area contributed by atoms with Crippen molar-refractivity contribution >= 4 is 18.3 Å². The van der Waals surface area contributed by atoms with Crippen LogP contribution >= 0.6 is 12.4 Å². The molecule has 0 bridgehead atoms. The topological polar surface area (TPSA) is 49.6 Å². The molecule has 0 unspecified atom stereocenters. The summed E-state index contributed by atoms with van der Waals surface area (Å²) in [6.45, 7) is 2.67. The van der Waals surface area contributed by atoms with E-state index in [4.69, 9.17) is 5.73 Å². The zero-order valence-corrected chi connectivity index (χ0v) is 12.5. The number of hydrogen-bond acceptors (Lipinski definition) is 3. The van der Waals surface area contributed by atoms with E-state index in [2.05, 4.69) is 4.90 Å². The maximum absolute atomic E-state index is 12.0. The van der Waals surface area contributed by atoms with Gasteiger partial charge in [0.05, 0.1) is 0 Å². The highest BCUT2D eigenvalue weighted by Crippen LogP contribution is 2.06. The van der Waals surface area contributed by atoms with Crippen molar-refractivity contribution in [2.75, 3.05) is 33.7 Å². The van der Waals surface area contributed by atoms with E-state index in [0.29, 0.717) is 19.5 Å². The first-order valence-corrected chi connectivity index (χ1v) is 6.30. The number of likely N-dealkylation sites (N-methyl/N-ethyl adjacent to an activating group) is 1. The Morgan fingerprint density at radius 2 is 1.79 bits per heavy atom. The minimum atomic E-state index is 0. The first-order chi connectivity index (χ1) is 8.63. The van der Waals surface area contributed by atoms with E-state index < -0.39 is 0 Å². The van der Waals surface area contributed by atoms with Crippen molar-refractivity contribution in [2.24, 2.45) is 5.73 Å². The summed E-state index contributed by atoms with van der Waals surface area (Å²) in [5.41, 5.74) is 6.61. The zero-order valence-electron chi connectivity index (χ0n) is 11.7. The van der Waals surface area contributed by atoms with E-state index >= 15 is 0 Å². The Hall–Kier alpha value is -1.10. The van der Waals surface area contributed by atoms with Crippen LogP contribution in [0.15, 0.2) is 30.3 Å². The van der Waals surface area contributed by atoms with Gasteiger partial charge in [0, 0.05) is 32.6 Å². The maximum Gasteiger partial charge on any atom is 0.224 e. The van der Waals surface area contributed by atoms with Crippen molar-refractivity contribution in [3.05, 3.63) is 35.9 Å². The second kappa shape index (κ2) is 9.78. The van der Waals surface area contributed by atoms with Gasteiger partial charge < -0.3 is 15.5 Å². The van der Waals surface area contributed by atoms with E-state index in [1.54, 1.807) is 0 Å². The van der Waals surface area contributed by atoms with Gasteiger partial charge >= 0.3 is 0 Å². The van der Waals surface area contributed by atoms with E-state index in [0.717, 1.165) is 18.7 Å². The minimum Gasteiger partial charge on any atom is -0.337 e. The van der Waals surface area contributed by atoms with Crippen LogP contribution in [-0.4, -0.2) is 49.4 Å². The van der Waals surface area contributed by atoms with Gasteiger partial charge in [-0.2, -0.15) is 0 Å². The lowest BCUT2D eigenvalue weighted by Gasteiger charge is -2.24. The van der Waals surface area contributed by atoms with E-state index in [1.807, 2.05) is 49.3 Å². The molecule has 0 aliphatic carbocycles. The first kappa shape index (κ1) is 17.9. The van der Waals surface area contributed by atoms with Crippen LogP contribution in [-0.2, 0) is 11.3 Å². The normalized spacial score (nSPS) is 10.1. The van der Waals surface area contributed by atoms with Crippen molar-refractivity contribution in [3.63, 3.8) is 0 Å². The first-order valence-electron chi connectivity index (χ1n) is 6.30. The van der Waals surface area contributed by atoms with Crippen LogP contribution in [0.5, 0.6) is 0 Å². The number of rotatable bonds is 7. The molecule has 0 saturated heterocycles. The molecule has 0 aromatic heterocycles. The maximum atomic E-state index is 12.0. The van der Waals surface area contributed by atoms with Gasteiger partial charge in [0.1, 0.15) is 0 Å². The Balaban J connectivity index is 0.00000324. The summed E-state index contributed by atoms with van der Waals surface area (Å²) in [5.74, 6) is 0.128. The van der Waals surface area contributed by atoms with Crippen LogP contribution in [0.4, 0.5) is 0 Å². The summed E-state index contributed by atoms with van der Waals surface area (Å²) < 4.78 is 0. The molecular weight excluding hydrogens is 262 g/mol. The van der Waals surface area contributed by atoms with Crippen molar-refractivity contribution in [1.82, 2.24) is 9.80 Å². The van der Waals surface area contributed by atoms with Crippen LogP contribution in [0, 0.1) is 0 Å². The Morgan fingerprint density at radius 1 is 1.16 bits per heavy atom. The second-order valence-electron chi connectivity index (χ2n) is 4.64. The third-order valence-corrected chi connectivity index (χ3v) is 2.74. The summed E-state index contributed by atoms with van der Waals surface area (Å²) in [5, 5.41) is 0. The molecule has 1 aromatic carbocycles. The number of halogens is 1. The van der Waals surface area contributed by atoms with Gasteiger partial charge in [-0.25, -0.2) is 0 Å². The average Bonchev–Trinajstić information content (AvgIpc) is 2.35. The fourth-order valence-corrected chi connectivity index (χ4v) is 1.70. The molecule has 0 aliphatic rings. The standard InChI is InChI=1S/C14H23N3O.ClH/c1-16(2)10-11-17(14(18)8-9-15)12-13-6-4-3-5-7-13;/h3-7H,8-12,15H2,1-2H3;1H. The second-order valence-corrected chi connectivity index (χ2v) is 4.64. The van der Waals surface area contributed by atoms with Gasteiger partial charge in [0.2, 0.25) is 5.91 Å². The number of nitrogens with two attached hydrogens (primary N) is 1. The van der Waals surface area contributed by atoms with Crippen molar-refractivity contribution in [3.8, 4) is 0 Å². The number of carbonyl (C=O) groups excluding carboxylic acids is 1. The molecule has 19 heavy (non-hydrogen) atoms. The number of hydrogen-bond donors (Lipinski definition) is 1. The molecule has 1 aromatic rings. The molecular formula is C14H24ClN3O. The van der Waals surface area contributed by atoms with Gasteiger partial charge in [0.15, 0.2) is 0 Å². The Morgan fingerprint density at radius 3 is 2.32 bits per heavy atom. The van der Waals surface area contributed by atoms with Crippen LogP contribution in [0.25, 0.3) is 0 Å². The number of carbonyl (C=O) groups is 1. The molecule has 0 saturated carbocycles. The molecule has 0 spiro atoms. The fraction of sp³-hybridized carbons (Fsp3) is 0.500. The SMILES string of the molecule is CN(C)CCN(Cc1ccccc1)C(=O)CCN.Cl. The zero-order chi connectivity index (χ0) is 13.4. The Kier molecular flexibility index (Phi) is 9.21. The summed E-state index contributed by atoms with van der Waals surface area (Å²) in [6.07, 6.45) is 0.417. The molecule has 2 N–H and O–H groups in total. The third kappa shape index (κ3) is 7.15. The van der Waals surface area contributed by atoms with Gasteiger partial charge in [-0.1, -0.05) is 30.3 Å². The highest BCUT2D eigenvalue weighted by molar-refractivity contribution is 5.85. The number of amides is 1. The third-order valence-electron chi connectivity index (χ3n) is 2.74. The molecule has 1 rings (SSSR count). The summed E-state index contributed by atoms with van der Waals surface area (Å²) in [6, 6.07) is 10.0. The molecule has 0 fully saturated rings. The predicted molar refractivity (Wildman–Crippen MR) is 81.3 cm³/mol. The number of benzene rings is 1. The Labute approximate surface area is 122 Å². The van der Waals surface area contributed by atoms with Crippen molar-refractivity contribution in [1.29, 1.82) is 0 Å². The lowest BCUT2D eigenvalue weighted by atomic mass is 10.2. The lowest BCUT2D eigenvalue weighted by Crippen LogP contribution is -2.37. The molecule has 108 valence electrons. The largest absolute Gasteiger partial charge is 0.337 e. The molecule has 1 amide bonds. The van der Waals surface area contributed by atoms with Crippen molar-refractivity contribution in [2.45, 2.75) is 13.0 Å². The summed E-state index contributed by atoms with van der Waals surface area (Å²) in [4.78, 5) is 15.9. The van der Waals surface area contributed by atoms with Crippen molar-refractivity contribution < 1.29 is 4.79 Å².